The number of hydrogen-bond donors (Lipinski definition) is 1. The molecule has 1 aliphatic carbocycles. The maximum atomic E-state index is 13.2. The molecule has 3 aromatic rings. The summed E-state index contributed by atoms with van der Waals surface area (Å²) in [6, 6.07) is 6.44. The molecule has 156 valence electrons. The molecule has 6 nitrogen and oxygen atoms in total. The van der Waals surface area contributed by atoms with Crippen molar-refractivity contribution in [2.75, 3.05) is 0 Å². The number of benzene rings is 1. The highest BCUT2D eigenvalue weighted by Gasteiger charge is 2.39. The van der Waals surface area contributed by atoms with E-state index in [1.54, 1.807) is 36.9 Å². The van der Waals surface area contributed by atoms with Crippen LogP contribution < -0.4 is 5.56 Å². The van der Waals surface area contributed by atoms with Crippen LogP contribution in [0.1, 0.15) is 54.6 Å². The fourth-order valence-corrected chi connectivity index (χ4v) is 3.98. The first-order valence-electron chi connectivity index (χ1n) is 9.54. The second-order valence-corrected chi connectivity index (χ2v) is 7.58. The number of aliphatic hydroxyl groups is 1. The molecule has 0 saturated heterocycles. The first kappa shape index (κ1) is 20.2. The molecule has 1 saturated carbocycles. The largest absolute Gasteiger partial charge is 0.417 e. The third-order valence-electron chi connectivity index (χ3n) is 5.69. The van der Waals surface area contributed by atoms with Crippen molar-refractivity contribution >= 4 is 10.9 Å². The highest BCUT2D eigenvalue weighted by molar-refractivity contribution is 5.82. The molecule has 0 radical (unpaired) electrons. The zero-order valence-corrected chi connectivity index (χ0v) is 16.4. The number of alkyl halides is 3. The Balaban J connectivity index is 1.93. The smallest absolute Gasteiger partial charge is 0.379 e. The first-order valence-corrected chi connectivity index (χ1v) is 9.54. The standard InChI is InChI=1S/C21H19F3N4O2/c1-3-20(30,13-4-7-16(21(22,23)24)12(10-13)11-25)18-15-8-9-28(14-5-6-14)19(29)17(15)26-27(18)2/h4,7-10,14,30H,3,5-6H2,1-2H3/t20-/m1/s1. The van der Waals surface area contributed by atoms with Gasteiger partial charge >= 0.3 is 6.18 Å². The van der Waals surface area contributed by atoms with Crippen LogP contribution >= 0.6 is 0 Å². The van der Waals surface area contributed by atoms with Crippen LogP contribution in [0.3, 0.4) is 0 Å². The molecule has 0 amide bonds. The van der Waals surface area contributed by atoms with Crippen LogP contribution in [0, 0.1) is 11.3 Å². The summed E-state index contributed by atoms with van der Waals surface area (Å²) < 4.78 is 42.5. The highest BCUT2D eigenvalue weighted by Crippen LogP contribution is 2.40. The number of aromatic nitrogens is 3. The van der Waals surface area contributed by atoms with Gasteiger partial charge in [0.2, 0.25) is 0 Å². The predicted octanol–water partition coefficient (Wildman–Crippen LogP) is 3.61. The summed E-state index contributed by atoms with van der Waals surface area (Å²) >= 11 is 0. The van der Waals surface area contributed by atoms with Gasteiger partial charge in [0.1, 0.15) is 5.60 Å². The maximum Gasteiger partial charge on any atom is 0.417 e. The molecule has 1 atom stereocenters. The van der Waals surface area contributed by atoms with Gasteiger partial charge < -0.3 is 9.67 Å². The van der Waals surface area contributed by atoms with Gasteiger partial charge in [0.25, 0.3) is 5.56 Å². The molecular weight excluding hydrogens is 397 g/mol. The lowest BCUT2D eigenvalue weighted by molar-refractivity contribution is -0.137. The normalized spacial score (nSPS) is 16.4. The van der Waals surface area contributed by atoms with E-state index in [1.807, 2.05) is 0 Å². The van der Waals surface area contributed by atoms with Crippen LogP contribution in [0.15, 0.2) is 35.3 Å². The van der Waals surface area contributed by atoms with Gasteiger partial charge in [-0.15, -0.1) is 0 Å². The highest BCUT2D eigenvalue weighted by atomic mass is 19.4. The van der Waals surface area contributed by atoms with Gasteiger partial charge in [-0.3, -0.25) is 9.48 Å². The van der Waals surface area contributed by atoms with Gasteiger partial charge in [-0.1, -0.05) is 13.0 Å². The van der Waals surface area contributed by atoms with Crippen molar-refractivity contribution < 1.29 is 18.3 Å². The van der Waals surface area contributed by atoms with Crippen molar-refractivity contribution in [1.29, 1.82) is 5.26 Å². The van der Waals surface area contributed by atoms with E-state index in [0.717, 1.165) is 31.0 Å². The molecule has 1 aromatic carbocycles. The molecule has 1 aliphatic rings. The number of nitrogens with zero attached hydrogens (tertiary/aromatic N) is 4. The molecule has 0 unspecified atom stereocenters. The molecule has 9 heteroatoms. The van der Waals surface area contributed by atoms with Crippen LogP contribution in [0.2, 0.25) is 0 Å². The minimum Gasteiger partial charge on any atom is -0.379 e. The van der Waals surface area contributed by atoms with Crippen LogP contribution in [0.5, 0.6) is 0 Å². The predicted molar refractivity (Wildman–Crippen MR) is 103 cm³/mol. The molecule has 0 spiro atoms. The van der Waals surface area contributed by atoms with Crippen LogP contribution in [0.25, 0.3) is 10.9 Å². The fraction of sp³-hybridized carbons (Fsp3) is 0.381. The second-order valence-electron chi connectivity index (χ2n) is 7.58. The molecule has 1 N–H and O–H groups in total. The quantitative estimate of drug-likeness (QED) is 0.704. The average molecular weight is 416 g/mol. The molecule has 0 aliphatic heterocycles. The van der Waals surface area contributed by atoms with Crippen molar-refractivity contribution in [3.63, 3.8) is 0 Å². The monoisotopic (exact) mass is 416 g/mol. The second kappa shape index (κ2) is 6.71. The summed E-state index contributed by atoms with van der Waals surface area (Å²) in [6.45, 7) is 1.67. The SMILES string of the molecule is CC[C@@](O)(c1ccc(C(F)(F)F)c(C#N)c1)c1c2ccn(C3CC3)c(=O)c2nn1C. The lowest BCUT2D eigenvalue weighted by atomic mass is 9.84. The molecule has 1 fully saturated rings. The Labute approximate surface area is 169 Å². The molecule has 30 heavy (non-hydrogen) atoms. The van der Waals surface area contributed by atoms with E-state index in [1.165, 1.54) is 4.68 Å². The number of fused-ring (bicyclic) bond motifs is 1. The Bertz CT molecular complexity index is 1250. The third kappa shape index (κ3) is 2.99. The van der Waals surface area contributed by atoms with E-state index >= 15 is 0 Å². The average Bonchev–Trinajstić information content (AvgIpc) is 3.48. The summed E-state index contributed by atoms with van der Waals surface area (Å²) in [6.07, 6.45) is -1.07. The van der Waals surface area contributed by atoms with Gasteiger partial charge in [0.15, 0.2) is 5.52 Å². The zero-order chi connectivity index (χ0) is 21.8. The number of nitriles is 1. The van der Waals surface area contributed by atoms with Gasteiger partial charge in [0.05, 0.1) is 22.9 Å². The minimum atomic E-state index is -4.68. The van der Waals surface area contributed by atoms with Gasteiger partial charge in [-0.25, -0.2) is 0 Å². The van der Waals surface area contributed by atoms with E-state index in [0.29, 0.717) is 11.1 Å². The van der Waals surface area contributed by atoms with Crippen molar-refractivity contribution in [3.05, 3.63) is 63.2 Å². The Hall–Kier alpha value is -3.12. The summed E-state index contributed by atoms with van der Waals surface area (Å²) in [4.78, 5) is 12.8. The fourth-order valence-electron chi connectivity index (χ4n) is 3.98. The van der Waals surface area contributed by atoms with E-state index in [-0.39, 0.29) is 29.1 Å². The third-order valence-corrected chi connectivity index (χ3v) is 5.69. The Morgan fingerprint density at radius 3 is 2.57 bits per heavy atom. The van der Waals surface area contributed by atoms with Crippen LogP contribution in [0.4, 0.5) is 13.2 Å². The maximum absolute atomic E-state index is 13.2. The van der Waals surface area contributed by atoms with Gasteiger partial charge in [-0.2, -0.15) is 23.5 Å². The summed E-state index contributed by atoms with van der Waals surface area (Å²) in [5.41, 5.74) is -3.02. The number of rotatable bonds is 4. The van der Waals surface area contributed by atoms with E-state index in [4.69, 9.17) is 0 Å². The molecule has 4 rings (SSSR count). The van der Waals surface area contributed by atoms with Crippen LogP contribution in [-0.4, -0.2) is 19.5 Å². The number of halogens is 3. The number of pyridine rings is 1. The molecule has 2 heterocycles. The van der Waals surface area contributed by atoms with Gasteiger partial charge in [0, 0.05) is 24.7 Å². The number of aryl methyl sites for hydroxylation is 1. The van der Waals surface area contributed by atoms with Crippen molar-refractivity contribution in [2.45, 2.75) is 44.0 Å². The van der Waals surface area contributed by atoms with Gasteiger partial charge in [-0.05, 0) is 43.0 Å². The summed E-state index contributed by atoms with van der Waals surface area (Å²) in [5, 5.41) is 25.5. The minimum absolute atomic E-state index is 0.101. The zero-order valence-electron chi connectivity index (χ0n) is 16.4. The molecular formula is C21H19F3N4O2. The van der Waals surface area contributed by atoms with E-state index < -0.39 is 22.9 Å². The number of hydrogen-bond acceptors (Lipinski definition) is 4. The first-order chi connectivity index (χ1) is 14.1. The Morgan fingerprint density at radius 1 is 1.30 bits per heavy atom. The summed E-state index contributed by atoms with van der Waals surface area (Å²) in [7, 11) is 1.58. The summed E-state index contributed by atoms with van der Waals surface area (Å²) in [5.74, 6) is 0. The molecule has 0 bridgehead atoms. The lowest BCUT2D eigenvalue weighted by Gasteiger charge is -2.29. The van der Waals surface area contributed by atoms with Crippen LogP contribution in [-0.2, 0) is 18.8 Å². The van der Waals surface area contributed by atoms with E-state index in [2.05, 4.69) is 5.10 Å². The van der Waals surface area contributed by atoms with Crippen molar-refractivity contribution in [3.8, 4) is 6.07 Å². The van der Waals surface area contributed by atoms with Crippen molar-refractivity contribution in [2.24, 2.45) is 7.05 Å². The lowest BCUT2D eigenvalue weighted by Crippen LogP contribution is -2.30. The van der Waals surface area contributed by atoms with E-state index in [9.17, 15) is 28.3 Å². The molecule has 2 aromatic heterocycles. The topological polar surface area (TPSA) is 83.8 Å². The van der Waals surface area contributed by atoms with Crippen molar-refractivity contribution in [1.82, 2.24) is 14.3 Å². The Morgan fingerprint density at radius 2 is 2.00 bits per heavy atom. The Kier molecular flexibility index (Phi) is 4.51.